The quantitative estimate of drug-likeness (QED) is 0.0664. The van der Waals surface area contributed by atoms with Crippen LogP contribution in [0.15, 0.2) is 54.6 Å². The molecule has 0 saturated heterocycles. The molecule has 0 fully saturated rings. The lowest BCUT2D eigenvalue weighted by Crippen LogP contribution is -2.47. The van der Waals surface area contributed by atoms with Gasteiger partial charge in [-0.25, -0.2) is 0 Å². The van der Waals surface area contributed by atoms with E-state index in [9.17, 15) is 9.90 Å². The molecule has 101 heavy (non-hydrogen) atoms. The Hall–Kier alpha value is -3.95. The van der Waals surface area contributed by atoms with E-state index in [4.69, 9.17) is 49.6 Å². The first-order valence-electron chi connectivity index (χ1n) is 37.2. The fraction of sp³-hybridized carbons (Fsp3) is 0.688. The van der Waals surface area contributed by atoms with E-state index in [1.54, 1.807) is 0 Å². The predicted octanol–water partition coefficient (Wildman–Crippen LogP) is 25.0. The first kappa shape index (κ1) is 86.0. The normalized spacial score (nSPS) is 19.0. The van der Waals surface area contributed by atoms with E-state index in [2.05, 4.69) is 295 Å². The smallest absolute Gasteiger partial charge is 0.303 e. The average molecular weight is 1530 g/mol. The zero-order valence-corrected chi connectivity index (χ0v) is 79.1. The summed E-state index contributed by atoms with van der Waals surface area (Å²) >= 11 is 0. The maximum absolute atomic E-state index is 14.8. The van der Waals surface area contributed by atoms with Crippen LogP contribution in [-0.4, -0.2) is 89.8 Å². The zero-order valence-electron chi connectivity index (χ0n) is 71.1. The van der Waals surface area contributed by atoms with Gasteiger partial charge < -0.3 is 54.7 Å². The third kappa shape index (κ3) is 18.5. The van der Waals surface area contributed by atoms with E-state index in [-0.39, 0.29) is 46.7 Å². The van der Waals surface area contributed by atoms with Crippen molar-refractivity contribution in [2.24, 2.45) is 0 Å². The second-order valence-electron chi connectivity index (χ2n) is 41.6. The van der Waals surface area contributed by atoms with Gasteiger partial charge >= 0.3 is 5.97 Å². The Balaban J connectivity index is 1.95. The molecule has 0 aliphatic carbocycles. The Kier molecular flexibility index (Phi) is 23.8. The zero-order chi connectivity index (χ0) is 78.0. The molecule has 2 aliphatic heterocycles. The van der Waals surface area contributed by atoms with Crippen molar-refractivity contribution in [2.75, 3.05) is 0 Å². The van der Waals surface area contributed by atoms with Gasteiger partial charge in [-0.1, -0.05) is 178 Å². The summed E-state index contributed by atoms with van der Waals surface area (Å²) in [5.41, 5.74) is 3.36. The van der Waals surface area contributed by atoms with Crippen LogP contribution in [0, 0.1) is 0 Å². The van der Waals surface area contributed by atoms with Crippen molar-refractivity contribution >= 4 is 72.5 Å². The van der Waals surface area contributed by atoms with Crippen LogP contribution in [0.2, 0.25) is 145 Å². The number of esters is 1. The van der Waals surface area contributed by atoms with Gasteiger partial charge in [-0.15, -0.1) is 0 Å². The molecule has 1 N–H and O–H groups in total. The molecular formula is C80H140O13Si8. The monoisotopic (exact) mass is 1530 g/mol. The van der Waals surface area contributed by atoms with Gasteiger partial charge in [0.15, 0.2) is 12.2 Å². The number of carbonyl (C=O) groups excluding carboxylic acids is 1. The lowest BCUT2D eigenvalue weighted by molar-refractivity contribution is -0.154. The molecule has 0 radical (unpaired) electrons. The van der Waals surface area contributed by atoms with E-state index < -0.39 is 103 Å². The maximum atomic E-state index is 14.8. The summed E-state index contributed by atoms with van der Waals surface area (Å²) < 4.78 is 83.1. The van der Waals surface area contributed by atoms with Gasteiger partial charge in [-0.3, -0.25) is 4.79 Å². The van der Waals surface area contributed by atoms with Gasteiger partial charge in [0, 0.05) is 53.8 Å². The fourth-order valence-corrected chi connectivity index (χ4v) is 18.2. The Morgan fingerprint density at radius 1 is 0.366 bits per heavy atom. The molecule has 6 rings (SSSR count). The minimum Gasteiger partial charge on any atom is -0.543 e. The molecule has 4 aromatic rings. The summed E-state index contributed by atoms with van der Waals surface area (Å²) in [6, 6.07) is 18.4. The number of benzene rings is 4. The number of ether oxygens (including phenoxy) is 3. The molecule has 4 aromatic carbocycles. The van der Waals surface area contributed by atoms with Crippen molar-refractivity contribution in [3.05, 3.63) is 82.4 Å². The topological polar surface area (TPSA) is 139 Å². The van der Waals surface area contributed by atoms with Gasteiger partial charge in [-0.2, -0.15) is 0 Å². The highest BCUT2D eigenvalue weighted by Gasteiger charge is 2.54. The molecule has 0 unspecified atom stereocenters. The largest absolute Gasteiger partial charge is 0.543 e. The van der Waals surface area contributed by atoms with Gasteiger partial charge in [0.25, 0.3) is 33.3 Å². The van der Waals surface area contributed by atoms with Crippen LogP contribution in [0.1, 0.15) is 219 Å². The number of rotatable bonds is 20. The number of aliphatic hydroxyl groups is 1. The van der Waals surface area contributed by atoms with Gasteiger partial charge in [-0.05, 0) is 175 Å². The third-order valence-corrected chi connectivity index (χ3v) is 60.0. The molecule has 13 nitrogen and oxygen atoms in total. The summed E-state index contributed by atoms with van der Waals surface area (Å²) in [6.45, 7) is 91.4. The van der Waals surface area contributed by atoms with Gasteiger partial charge in [0.2, 0.25) is 33.3 Å². The van der Waals surface area contributed by atoms with Crippen molar-refractivity contribution < 1.29 is 59.5 Å². The van der Waals surface area contributed by atoms with Crippen LogP contribution in [0.3, 0.4) is 0 Å². The first-order valence-corrected chi connectivity index (χ1v) is 60.4. The van der Waals surface area contributed by atoms with Crippen LogP contribution >= 0.6 is 0 Å². The lowest BCUT2D eigenvalue weighted by Gasteiger charge is -2.46. The molecule has 0 spiro atoms. The van der Waals surface area contributed by atoms with Crippen LogP contribution in [0.4, 0.5) is 0 Å². The number of fused-ring (bicyclic) bond motifs is 2. The highest BCUT2D eigenvalue weighted by Crippen LogP contribution is 2.62. The van der Waals surface area contributed by atoms with Crippen molar-refractivity contribution in [3.8, 4) is 57.5 Å². The molecule has 0 amide bonds. The van der Waals surface area contributed by atoms with Crippen LogP contribution < -0.4 is 44.9 Å². The van der Waals surface area contributed by atoms with Gasteiger partial charge in [0.05, 0.1) is 12.0 Å². The Labute approximate surface area is 622 Å². The number of carbonyl (C=O) groups is 1. The van der Waals surface area contributed by atoms with E-state index in [0.717, 1.165) is 0 Å². The molecule has 2 heterocycles. The molecule has 0 aromatic heterocycles. The maximum Gasteiger partial charge on any atom is 0.303 e. The molecule has 0 saturated carbocycles. The second-order valence-corrected chi connectivity index (χ2v) is 79.4. The molecule has 2 aliphatic rings. The third-order valence-electron chi connectivity index (χ3n) is 25.2. The molecule has 570 valence electrons. The summed E-state index contributed by atoms with van der Waals surface area (Å²) in [4.78, 5) is 14.8. The Morgan fingerprint density at radius 3 is 1.02 bits per heavy atom. The van der Waals surface area contributed by atoms with Crippen molar-refractivity contribution in [1.82, 2.24) is 0 Å². The predicted molar refractivity (Wildman–Crippen MR) is 442 cm³/mol. The SMILES string of the molecule is CC(=O)O[C@H]1[C@H](c2c(O[Si](C)(C)C(C)(C)C)cc(O[Si](C)(C)C(C)(C)C)c3c2O[C@H](c2ccc(O[Si](C)(C)C(C)(C)C)c(O[Si](C)(C)C(C)(C)C)c2)[C@@H](O)C3)c2c(cc(O[Si](C)(C)C(C)(C)C)cc2O[Si](C)(C)C(C)(C)C)O[C@@H]1c1ccc(O[Si](C)(C)C(C)(C)C)c(O[Si](C)(C)C(C)(C)C)c1. The van der Waals surface area contributed by atoms with Crippen LogP contribution in [0.5, 0.6) is 57.5 Å². The highest BCUT2D eigenvalue weighted by molar-refractivity contribution is 6.78. The Morgan fingerprint density at radius 2 is 0.673 bits per heavy atom. The number of aliphatic hydroxyl groups excluding tert-OH is 1. The molecule has 0 bridgehead atoms. The van der Waals surface area contributed by atoms with E-state index in [0.29, 0.717) is 85.3 Å². The van der Waals surface area contributed by atoms with E-state index in [1.807, 2.05) is 30.3 Å². The Bertz CT molecular complexity index is 3650. The minimum absolute atomic E-state index is 0.110. The molecule has 21 heteroatoms. The number of hydrogen-bond acceptors (Lipinski definition) is 13. The minimum atomic E-state index is -2.90. The van der Waals surface area contributed by atoms with Crippen LogP contribution in [-0.2, 0) is 16.0 Å². The lowest BCUT2D eigenvalue weighted by atomic mass is 9.77. The van der Waals surface area contributed by atoms with Crippen LogP contribution in [0.25, 0.3) is 0 Å². The van der Waals surface area contributed by atoms with Crippen molar-refractivity contribution in [2.45, 2.75) is 355 Å². The standard InChI is InChI=1S/C80H140O13Si8/c1-52(81)83-72-68(66-63(48-55(86-94(26,27)73(2,3)4)49-64(66)92-100(38,39)79(20,21)22)84-70(72)54-43-45-59(88-96(30,31)75(8,9)10)62(47-54)91-99(36,37)78(17,18)19)67-65(93-101(40,41)80(23,24)25)51-60(89-97(32,33)76(11,12)13)56-50-57(82)69(85-71(56)67)53-42-44-58(87-95(28,29)74(5,6)7)61(46-53)90-98(34,35)77(14,15)16/h42-49,51,57,68-70,72,82H,50H2,1-41H3/t57-,68-,69+,70+,72-/m0/s1. The average Bonchev–Trinajstić information content (AvgIpc) is 0.713. The first-order chi connectivity index (χ1) is 44.8. The number of hydrogen-bond donors (Lipinski definition) is 1. The fourth-order valence-electron chi connectivity index (χ4n) is 10.0. The summed E-state index contributed by atoms with van der Waals surface area (Å²) in [7, 11) is -21.1. The van der Waals surface area contributed by atoms with Gasteiger partial charge in [0.1, 0.15) is 63.6 Å². The molecule has 5 atom stereocenters. The second kappa shape index (κ2) is 28.0. The summed E-state index contributed by atoms with van der Waals surface area (Å²) in [5.74, 6) is 4.29. The highest BCUT2D eigenvalue weighted by atomic mass is 28.4. The van der Waals surface area contributed by atoms with Crippen molar-refractivity contribution in [1.29, 1.82) is 0 Å². The summed E-state index contributed by atoms with van der Waals surface area (Å²) in [5, 5.41) is 11.7. The van der Waals surface area contributed by atoms with Crippen molar-refractivity contribution in [3.63, 3.8) is 0 Å². The molecular weight excluding hydrogens is 1390 g/mol. The summed E-state index contributed by atoms with van der Waals surface area (Å²) in [6.07, 6.45) is -4.09. The van der Waals surface area contributed by atoms with E-state index in [1.165, 1.54) is 6.92 Å². The van der Waals surface area contributed by atoms with E-state index >= 15 is 0 Å².